The molecule has 0 radical (unpaired) electrons. The van der Waals surface area contributed by atoms with Gasteiger partial charge in [0.2, 0.25) is 0 Å². The molecule has 3 rings (SSSR count). The molecule has 0 fully saturated rings. The molecule has 3 aromatic rings. The van der Waals surface area contributed by atoms with Gasteiger partial charge in [-0.2, -0.15) is 0 Å². The van der Waals surface area contributed by atoms with Crippen LogP contribution in [0.25, 0.3) is 0 Å². The molecule has 0 aromatic heterocycles. The summed E-state index contributed by atoms with van der Waals surface area (Å²) in [6.07, 6.45) is 1.06. The van der Waals surface area contributed by atoms with Gasteiger partial charge < -0.3 is 30.2 Å². The maximum atomic E-state index is 14.1. The van der Waals surface area contributed by atoms with Crippen molar-refractivity contribution in [1.29, 1.82) is 0 Å². The van der Waals surface area contributed by atoms with Crippen LogP contribution >= 0.6 is 0 Å². The maximum Gasteiger partial charge on any atom is 0.253 e. The van der Waals surface area contributed by atoms with Crippen LogP contribution in [0.3, 0.4) is 0 Å². The van der Waals surface area contributed by atoms with Crippen LogP contribution in [0, 0.1) is 11.6 Å². The summed E-state index contributed by atoms with van der Waals surface area (Å²) >= 11 is 0. The quantitative estimate of drug-likeness (QED) is 0.0844. The van der Waals surface area contributed by atoms with Gasteiger partial charge in [-0.3, -0.25) is 9.59 Å². The highest BCUT2D eigenvalue weighted by atomic mass is 19.1. The molecule has 0 bridgehead atoms. The molecule has 0 saturated carbocycles. The number of benzene rings is 3. The number of nitrogens with one attached hydrogen (secondary N) is 2. The fourth-order valence-corrected chi connectivity index (χ4v) is 4.79. The molecule has 2 amide bonds. The lowest BCUT2D eigenvalue weighted by Crippen LogP contribution is -2.48. The first-order valence-corrected chi connectivity index (χ1v) is 15.0. The van der Waals surface area contributed by atoms with Crippen molar-refractivity contribution < 1.29 is 33.1 Å². The van der Waals surface area contributed by atoms with Crippen LogP contribution in [0.5, 0.6) is 5.75 Å². The Kier molecular flexibility index (Phi) is 13.9. The van der Waals surface area contributed by atoms with E-state index in [1.165, 1.54) is 12.1 Å². The third-order valence-corrected chi connectivity index (χ3v) is 7.14. The van der Waals surface area contributed by atoms with Gasteiger partial charge in [-0.25, -0.2) is 8.78 Å². The maximum absolute atomic E-state index is 14.1. The Balaban J connectivity index is 1.91. The lowest BCUT2D eigenvalue weighted by molar-refractivity contribution is 0.0795. The number of nitrogens with zero attached hydrogens (tertiary/aromatic N) is 2. The highest BCUT2D eigenvalue weighted by molar-refractivity contribution is 6.06. The van der Waals surface area contributed by atoms with E-state index < -0.39 is 29.7 Å². The molecule has 0 spiro atoms. The molecule has 3 aromatic carbocycles. The van der Waals surface area contributed by atoms with Gasteiger partial charge in [0.1, 0.15) is 24.0 Å². The molecule has 0 aliphatic heterocycles. The summed E-state index contributed by atoms with van der Waals surface area (Å²) in [4.78, 5) is 33.8. The first-order valence-electron chi connectivity index (χ1n) is 15.0. The van der Waals surface area contributed by atoms with Crippen LogP contribution in [0.2, 0.25) is 0 Å². The summed E-state index contributed by atoms with van der Waals surface area (Å²) in [7, 11) is 3.25. The largest absolute Gasteiger partial charge is 0.497 e. The zero-order valence-corrected chi connectivity index (χ0v) is 26.7. The van der Waals surface area contributed by atoms with Gasteiger partial charge in [0.05, 0.1) is 25.0 Å². The topological polar surface area (TPSA) is 112 Å². The number of hydrogen-bond acceptors (Lipinski definition) is 7. The van der Waals surface area contributed by atoms with Crippen molar-refractivity contribution in [2.45, 2.75) is 45.4 Å². The molecule has 0 heterocycles. The van der Waals surface area contributed by atoms with E-state index in [0.29, 0.717) is 30.1 Å². The molecule has 0 aliphatic rings. The molecule has 0 saturated heterocycles. The summed E-state index contributed by atoms with van der Waals surface area (Å²) in [5, 5.41) is 21.3. The highest BCUT2D eigenvalue weighted by Gasteiger charge is 2.24. The highest BCUT2D eigenvalue weighted by Crippen LogP contribution is 2.17. The molecule has 11 heteroatoms. The molecular formula is C35H42F2N4O5. The number of hydrogen-bond donors (Lipinski definition) is 3. The molecule has 2 atom stereocenters. The van der Waals surface area contributed by atoms with Crippen molar-refractivity contribution in [3.63, 3.8) is 0 Å². The van der Waals surface area contributed by atoms with Gasteiger partial charge in [0, 0.05) is 49.4 Å². The Morgan fingerprint density at radius 3 is 2.41 bits per heavy atom. The van der Waals surface area contributed by atoms with Gasteiger partial charge in [-0.05, 0) is 73.4 Å². The zero-order valence-electron chi connectivity index (χ0n) is 26.7. The average Bonchev–Trinajstić information content (AvgIpc) is 3.03. The van der Waals surface area contributed by atoms with E-state index in [-0.39, 0.29) is 42.2 Å². The van der Waals surface area contributed by atoms with Gasteiger partial charge in [0.15, 0.2) is 0 Å². The summed E-state index contributed by atoms with van der Waals surface area (Å²) in [6, 6.07) is 14.2. The summed E-state index contributed by atoms with van der Waals surface area (Å²) in [6.45, 7) is 8.37. The first-order chi connectivity index (χ1) is 22.0. The van der Waals surface area contributed by atoms with Gasteiger partial charge in [0.25, 0.3) is 11.8 Å². The van der Waals surface area contributed by atoms with Crippen LogP contribution in [-0.2, 0) is 17.8 Å². The van der Waals surface area contributed by atoms with Gasteiger partial charge in [-0.1, -0.05) is 36.9 Å². The lowest BCUT2D eigenvalue weighted by Gasteiger charge is -2.25. The van der Waals surface area contributed by atoms with E-state index in [1.54, 1.807) is 38.1 Å². The van der Waals surface area contributed by atoms with E-state index in [9.17, 15) is 23.5 Å². The molecule has 9 nitrogen and oxygen atoms in total. The van der Waals surface area contributed by atoms with E-state index in [0.717, 1.165) is 30.2 Å². The second-order valence-electron chi connectivity index (χ2n) is 10.9. The number of carbonyl (C=O) groups is 2. The second-order valence-corrected chi connectivity index (χ2v) is 10.9. The molecule has 0 unspecified atom stereocenters. The Bertz CT molecular complexity index is 1510. The number of carbonyl (C=O) groups excluding carboxylic acids is 2. The SMILES string of the molecule is C=CCON=C(C)c1cc(C(=O)N[C@@H](Cc2cc(F)cc(F)c2)[C@H](O)CNCc2cccc(OC)c2)cc(C(=O)N(C)CCC)c1. The fourth-order valence-electron chi connectivity index (χ4n) is 4.79. The van der Waals surface area contributed by atoms with Crippen LogP contribution in [0.4, 0.5) is 8.78 Å². The van der Waals surface area contributed by atoms with Crippen molar-refractivity contribution in [3.8, 4) is 5.75 Å². The number of methoxy groups -OCH3 is 1. The Labute approximate surface area is 268 Å². The standard InChI is InChI=1S/C35H42F2N4O5/c1-6-11-41(4)35(44)28-18-26(23(3)40-46-12-7-2)17-27(19-28)34(43)39-32(16-25-13-29(36)20-30(37)14-25)33(42)22-38-21-24-9-8-10-31(15-24)45-5/h7-10,13-15,17-20,32-33,38,42H,2,6,11-12,16,21-22H2,1,3-5H3,(H,39,43)/t32-,33+/m0/s1. The number of halogens is 2. The van der Waals surface area contributed by atoms with Crippen molar-refractivity contribution >= 4 is 17.5 Å². The predicted octanol–water partition coefficient (Wildman–Crippen LogP) is 4.87. The minimum atomic E-state index is -1.16. The van der Waals surface area contributed by atoms with Crippen LogP contribution < -0.4 is 15.4 Å². The zero-order chi connectivity index (χ0) is 33.6. The average molecular weight is 637 g/mol. The third kappa shape index (κ3) is 10.8. The normalized spacial score (nSPS) is 12.6. The van der Waals surface area contributed by atoms with E-state index in [4.69, 9.17) is 9.57 Å². The molecule has 0 aliphatic carbocycles. The number of ether oxygens (including phenoxy) is 1. The van der Waals surface area contributed by atoms with Gasteiger partial charge in [-0.15, -0.1) is 0 Å². The molecule has 3 N–H and O–H groups in total. The first kappa shape index (κ1) is 35.9. The minimum Gasteiger partial charge on any atom is -0.497 e. The van der Waals surface area contributed by atoms with E-state index >= 15 is 0 Å². The monoisotopic (exact) mass is 636 g/mol. The Hall–Kier alpha value is -4.61. The fraction of sp³-hybridized carbons (Fsp3) is 0.343. The minimum absolute atomic E-state index is 0.0535. The van der Waals surface area contributed by atoms with Crippen molar-refractivity contribution in [1.82, 2.24) is 15.5 Å². The Morgan fingerprint density at radius 1 is 1.04 bits per heavy atom. The van der Waals surface area contributed by atoms with Crippen LogP contribution in [0.15, 0.2) is 78.5 Å². The van der Waals surface area contributed by atoms with Crippen molar-refractivity contribution in [2.75, 3.05) is 33.9 Å². The summed E-state index contributed by atoms with van der Waals surface area (Å²) in [5.74, 6) is -1.74. The molecule has 46 heavy (non-hydrogen) atoms. The number of amides is 2. The lowest BCUT2D eigenvalue weighted by atomic mass is 9.98. The van der Waals surface area contributed by atoms with Gasteiger partial charge >= 0.3 is 0 Å². The van der Waals surface area contributed by atoms with E-state index in [1.807, 2.05) is 31.2 Å². The van der Waals surface area contributed by atoms with Crippen molar-refractivity contribution in [2.24, 2.45) is 5.16 Å². The second kappa shape index (κ2) is 17.8. The smallest absolute Gasteiger partial charge is 0.253 e. The number of aliphatic hydroxyl groups excluding tert-OH is 1. The molecular weight excluding hydrogens is 594 g/mol. The number of aliphatic hydroxyl groups is 1. The van der Waals surface area contributed by atoms with Crippen LogP contribution in [0.1, 0.15) is 57.7 Å². The van der Waals surface area contributed by atoms with Crippen LogP contribution in [-0.4, -0.2) is 73.5 Å². The number of rotatable bonds is 17. The van der Waals surface area contributed by atoms with Crippen molar-refractivity contribution in [3.05, 3.63) is 113 Å². The third-order valence-electron chi connectivity index (χ3n) is 7.14. The van der Waals surface area contributed by atoms with E-state index in [2.05, 4.69) is 22.4 Å². The summed E-state index contributed by atoms with van der Waals surface area (Å²) < 4.78 is 33.4. The predicted molar refractivity (Wildman–Crippen MR) is 174 cm³/mol. The Morgan fingerprint density at radius 2 is 1.74 bits per heavy atom. The number of oxime groups is 1. The summed E-state index contributed by atoms with van der Waals surface area (Å²) in [5.41, 5.74) is 2.47. The molecule has 246 valence electrons.